The van der Waals surface area contributed by atoms with Crippen molar-refractivity contribution in [1.29, 1.82) is 0 Å². The fraction of sp³-hybridized carbons (Fsp3) is 0.333. The van der Waals surface area contributed by atoms with Crippen molar-refractivity contribution in [2.24, 2.45) is 5.73 Å². The molecule has 0 amide bonds. The Hall–Kier alpha value is -0.610. The minimum absolute atomic E-state index is 0.281. The molecule has 2 nitrogen and oxygen atoms in total. The van der Waals surface area contributed by atoms with Gasteiger partial charge in [-0.25, -0.2) is 4.39 Å². The van der Waals surface area contributed by atoms with Crippen molar-refractivity contribution in [2.45, 2.75) is 6.42 Å². The SMILES string of the molecule is COc1c(Br)cc(F)cc1CCN. The molecule has 0 fully saturated rings. The Kier molecular flexibility index (Phi) is 3.69. The maximum absolute atomic E-state index is 12.9. The van der Waals surface area contributed by atoms with Crippen LogP contribution in [0.25, 0.3) is 0 Å². The first-order chi connectivity index (χ1) is 6.19. The van der Waals surface area contributed by atoms with Crippen LogP contribution < -0.4 is 10.5 Å². The number of nitrogens with two attached hydrogens (primary N) is 1. The van der Waals surface area contributed by atoms with Gasteiger partial charge in [0, 0.05) is 0 Å². The summed E-state index contributed by atoms with van der Waals surface area (Å²) in [6.07, 6.45) is 0.611. The van der Waals surface area contributed by atoms with Gasteiger partial charge in [0.25, 0.3) is 0 Å². The zero-order chi connectivity index (χ0) is 9.84. The molecule has 0 aliphatic rings. The molecule has 1 rings (SSSR count). The van der Waals surface area contributed by atoms with E-state index < -0.39 is 0 Å². The molecule has 0 unspecified atom stereocenters. The molecule has 1 aromatic carbocycles. The highest BCUT2D eigenvalue weighted by Crippen LogP contribution is 2.30. The molecule has 72 valence electrons. The summed E-state index contributed by atoms with van der Waals surface area (Å²) in [5.74, 6) is 0.378. The summed E-state index contributed by atoms with van der Waals surface area (Å²) in [5, 5.41) is 0. The van der Waals surface area contributed by atoms with Crippen molar-refractivity contribution in [3.63, 3.8) is 0 Å². The zero-order valence-electron chi connectivity index (χ0n) is 7.31. The van der Waals surface area contributed by atoms with Gasteiger partial charge in [-0.2, -0.15) is 0 Å². The van der Waals surface area contributed by atoms with E-state index in [0.29, 0.717) is 23.2 Å². The van der Waals surface area contributed by atoms with Crippen LogP contribution in [0, 0.1) is 5.82 Å². The molecule has 0 saturated carbocycles. The summed E-state index contributed by atoms with van der Waals surface area (Å²) in [6, 6.07) is 2.81. The summed E-state index contributed by atoms with van der Waals surface area (Å²) in [4.78, 5) is 0. The van der Waals surface area contributed by atoms with Crippen LogP contribution in [-0.2, 0) is 6.42 Å². The van der Waals surface area contributed by atoms with Crippen LogP contribution >= 0.6 is 15.9 Å². The van der Waals surface area contributed by atoms with Gasteiger partial charge in [0.15, 0.2) is 0 Å². The van der Waals surface area contributed by atoms with Crippen molar-refractivity contribution in [3.8, 4) is 5.75 Å². The molecule has 0 saturated heterocycles. The smallest absolute Gasteiger partial charge is 0.136 e. The van der Waals surface area contributed by atoms with Crippen molar-refractivity contribution in [2.75, 3.05) is 13.7 Å². The van der Waals surface area contributed by atoms with Gasteiger partial charge in [-0.05, 0) is 46.6 Å². The molecule has 0 aliphatic carbocycles. The summed E-state index contributed by atoms with van der Waals surface area (Å²) in [7, 11) is 1.55. The highest BCUT2D eigenvalue weighted by Gasteiger charge is 2.08. The van der Waals surface area contributed by atoms with E-state index >= 15 is 0 Å². The van der Waals surface area contributed by atoms with Crippen LogP contribution in [0.4, 0.5) is 4.39 Å². The van der Waals surface area contributed by atoms with Gasteiger partial charge < -0.3 is 10.5 Å². The summed E-state index contributed by atoms with van der Waals surface area (Å²) in [6.45, 7) is 0.478. The molecule has 0 bridgehead atoms. The van der Waals surface area contributed by atoms with E-state index in [0.717, 1.165) is 5.56 Å². The lowest BCUT2D eigenvalue weighted by atomic mass is 10.1. The zero-order valence-corrected chi connectivity index (χ0v) is 8.90. The molecule has 2 N–H and O–H groups in total. The van der Waals surface area contributed by atoms with Gasteiger partial charge in [0.1, 0.15) is 11.6 Å². The van der Waals surface area contributed by atoms with Crippen LogP contribution in [0.5, 0.6) is 5.75 Å². The third kappa shape index (κ3) is 2.42. The first kappa shape index (κ1) is 10.5. The fourth-order valence-electron chi connectivity index (χ4n) is 1.18. The normalized spacial score (nSPS) is 10.2. The lowest BCUT2D eigenvalue weighted by Gasteiger charge is -2.09. The fourth-order valence-corrected chi connectivity index (χ4v) is 1.82. The molecule has 13 heavy (non-hydrogen) atoms. The van der Waals surface area contributed by atoms with Gasteiger partial charge in [-0.3, -0.25) is 0 Å². The maximum Gasteiger partial charge on any atom is 0.136 e. The Morgan fingerprint density at radius 3 is 2.77 bits per heavy atom. The standard InChI is InChI=1S/C9H11BrFNO/c1-13-9-6(2-3-12)4-7(11)5-8(9)10/h4-5H,2-3,12H2,1H3. The first-order valence-corrected chi connectivity index (χ1v) is 4.70. The Labute approximate surface area is 85.0 Å². The quantitative estimate of drug-likeness (QED) is 0.888. The highest BCUT2D eigenvalue weighted by molar-refractivity contribution is 9.10. The topological polar surface area (TPSA) is 35.2 Å². The number of benzene rings is 1. The van der Waals surface area contributed by atoms with Crippen LogP contribution in [0.3, 0.4) is 0 Å². The lowest BCUT2D eigenvalue weighted by molar-refractivity contribution is 0.405. The van der Waals surface area contributed by atoms with Crippen LogP contribution in [0.1, 0.15) is 5.56 Å². The van der Waals surface area contributed by atoms with E-state index in [4.69, 9.17) is 10.5 Å². The minimum atomic E-state index is -0.281. The molecule has 0 aliphatic heterocycles. The van der Waals surface area contributed by atoms with Crippen molar-refractivity contribution in [3.05, 3.63) is 28.0 Å². The van der Waals surface area contributed by atoms with E-state index in [1.54, 1.807) is 7.11 Å². The lowest BCUT2D eigenvalue weighted by Crippen LogP contribution is -2.05. The third-order valence-electron chi connectivity index (χ3n) is 1.70. The Bertz CT molecular complexity index is 304. The van der Waals surface area contributed by atoms with E-state index in [1.807, 2.05) is 0 Å². The number of ether oxygens (including phenoxy) is 1. The Morgan fingerprint density at radius 2 is 2.23 bits per heavy atom. The minimum Gasteiger partial charge on any atom is -0.495 e. The Morgan fingerprint density at radius 1 is 1.54 bits per heavy atom. The molecule has 0 heterocycles. The Balaban J connectivity index is 3.13. The van der Waals surface area contributed by atoms with Gasteiger partial charge in [0.2, 0.25) is 0 Å². The molecular formula is C9H11BrFNO. The molecular weight excluding hydrogens is 237 g/mol. The first-order valence-electron chi connectivity index (χ1n) is 3.91. The second kappa shape index (κ2) is 4.58. The number of rotatable bonds is 3. The van der Waals surface area contributed by atoms with Crippen molar-refractivity contribution in [1.82, 2.24) is 0 Å². The summed E-state index contributed by atoms with van der Waals surface area (Å²) in [5.41, 5.74) is 6.18. The monoisotopic (exact) mass is 247 g/mol. The van der Waals surface area contributed by atoms with E-state index in [-0.39, 0.29) is 5.82 Å². The van der Waals surface area contributed by atoms with Crippen LogP contribution in [-0.4, -0.2) is 13.7 Å². The number of methoxy groups -OCH3 is 1. The maximum atomic E-state index is 12.9. The van der Waals surface area contributed by atoms with Crippen molar-refractivity contribution < 1.29 is 9.13 Å². The summed E-state index contributed by atoms with van der Waals surface area (Å²) < 4.78 is 18.7. The van der Waals surface area contributed by atoms with E-state index in [2.05, 4.69) is 15.9 Å². The largest absolute Gasteiger partial charge is 0.495 e. The predicted molar refractivity (Wildman–Crippen MR) is 53.4 cm³/mol. The number of hydrogen-bond acceptors (Lipinski definition) is 2. The number of halogens is 2. The number of hydrogen-bond donors (Lipinski definition) is 1. The average Bonchev–Trinajstić information content (AvgIpc) is 2.04. The summed E-state index contributed by atoms with van der Waals surface area (Å²) >= 11 is 3.22. The third-order valence-corrected chi connectivity index (χ3v) is 2.29. The molecule has 0 radical (unpaired) electrons. The van der Waals surface area contributed by atoms with E-state index in [9.17, 15) is 4.39 Å². The van der Waals surface area contributed by atoms with Gasteiger partial charge in [-0.15, -0.1) is 0 Å². The highest BCUT2D eigenvalue weighted by atomic mass is 79.9. The molecule has 0 spiro atoms. The average molecular weight is 248 g/mol. The van der Waals surface area contributed by atoms with Crippen molar-refractivity contribution >= 4 is 15.9 Å². The van der Waals surface area contributed by atoms with Gasteiger partial charge >= 0.3 is 0 Å². The second-order valence-corrected chi connectivity index (χ2v) is 3.47. The van der Waals surface area contributed by atoms with Gasteiger partial charge in [-0.1, -0.05) is 0 Å². The predicted octanol–water partition coefficient (Wildman–Crippen LogP) is 2.10. The van der Waals surface area contributed by atoms with Crippen LogP contribution in [0.2, 0.25) is 0 Å². The molecule has 4 heteroatoms. The molecule has 0 aromatic heterocycles. The molecule has 1 aromatic rings. The van der Waals surface area contributed by atoms with Gasteiger partial charge in [0.05, 0.1) is 11.6 Å². The van der Waals surface area contributed by atoms with E-state index in [1.165, 1.54) is 12.1 Å². The van der Waals surface area contributed by atoms with Crippen LogP contribution in [0.15, 0.2) is 16.6 Å². The molecule has 0 atom stereocenters. The second-order valence-electron chi connectivity index (χ2n) is 2.62.